The monoisotopic (exact) mass is 320 g/mol. The van der Waals surface area contributed by atoms with Crippen LogP contribution < -0.4 is 15.2 Å². The van der Waals surface area contributed by atoms with Gasteiger partial charge in [0, 0.05) is 11.3 Å². The van der Waals surface area contributed by atoms with E-state index in [0.29, 0.717) is 17.0 Å². The number of anilines is 1. The number of rotatable bonds is 4. The van der Waals surface area contributed by atoms with Gasteiger partial charge in [-0.15, -0.1) is 0 Å². The molecule has 0 aliphatic rings. The summed E-state index contributed by atoms with van der Waals surface area (Å²) in [6, 6.07) is 11.1. The van der Waals surface area contributed by atoms with Crippen LogP contribution in [0.2, 0.25) is 0 Å². The van der Waals surface area contributed by atoms with E-state index in [9.17, 15) is 13.2 Å². The van der Waals surface area contributed by atoms with Crippen molar-refractivity contribution >= 4 is 21.6 Å². The molecule has 0 spiro atoms. The van der Waals surface area contributed by atoms with Crippen molar-refractivity contribution in [1.82, 2.24) is 0 Å². The lowest BCUT2D eigenvalue weighted by Gasteiger charge is -2.09. The van der Waals surface area contributed by atoms with Crippen LogP contribution in [0, 0.1) is 6.92 Å². The van der Waals surface area contributed by atoms with Gasteiger partial charge < -0.3 is 10.1 Å². The highest BCUT2D eigenvalue weighted by molar-refractivity contribution is 7.89. The number of methoxy groups -OCH3 is 1. The minimum Gasteiger partial charge on any atom is -0.497 e. The lowest BCUT2D eigenvalue weighted by Crippen LogP contribution is -2.17. The maximum Gasteiger partial charge on any atom is 0.255 e. The van der Waals surface area contributed by atoms with Crippen LogP contribution in [0.3, 0.4) is 0 Å². The van der Waals surface area contributed by atoms with E-state index < -0.39 is 15.9 Å². The third kappa shape index (κ3) is 3.63. The molecule has 3 N–H and O–H groups in total. The van der Waals surface area contributed by atoms with Crippen LogP contribution in [0.15, 0.2) is 47.4 Å². The summed E-state index contributed by atoms with van der Waals surface area (Å²) in [6.45, 7) is 1.62. The maximum atomic E-state index is 12.2. The lowest BCUT2D eigenvalue weighted by atomic mass is 10.1. The first kappa shape index (κ1) is 16.0. The first-order chi connectivity index (χ1) is 10.3. The van der Waals surface area contributed by atoms with E-state index in [4.69, 9.17) is 9.88 Å². The number of primary sulfonamides is 1. The van der Waals surface area contributed by atoms with E-state index in [1.54, 1.807) is 50.4 Å². The third-order valence-electron chi connectivity index (χ3n) is 3.10. The van der Waals surface area contributed by atoms with Gasteiger partial charge >= 0.3 is 0 Å². The summed E-state index contributed by atoms with van der Waals surface area (Å²) in [5.41, 5.74) is 1.28. The molecule has 7 heteroatoms. The molecular weight excluding hydrogens is 304 g/mol. The average Bonchev–Trinajstić information content (AvgIpc) is 2.47. The number of benzene rings is 2. The molecule has 2 rings (SSSR count). The maximum absolute atomic E-state index is 12.2. The van der Waals surface area contributed by atoms with Crippen LogP contribution in [0.5, 0.6) is 5.75 Å². The number of hydrogen-bond acceptors (Lipinski definition) is 4. The summed E-state index contributed by atoms with van der Waals surface area (Å²) in [5.74, 6) is 0.250. The number of nitrogens with one attached hydrogen (secondary N) is 1. The zero-order chi connectivity index (χ0) is 16.3. The number of hydrogen-bond donors (Lipinski definition) is 2. The summed E-state index contributed by atoms with van der Waals surface area (Å²) in [7, 11) is -2.32. The van der Waals surface area contributed by atoms with Crippen molar-refractivity contribution in [3.05, 3.63) is 53.6 Å². The Morgan fingerprint density at radius 1 is 1.14 bits per heavy atom. The van der Waals surface area contributed by atoms with Crippen LogP contribution in [-0.2, 0) is 10.0 Å². The highest BCUT2D eigenvalue weighted by atomic mass is 32.2. The van der Waals surface area contributed by atoms with Crippen molar-refractivity contribution in [3.63, 3.8) is 0 Å². The minimum absolute atomic E-state index is 0.0603. The molecule has 0 aliphatic heterocycles. The Hall–Kier alpha value is -2.38. The highest BCUT2D eigenvalue weighted by Gasteiger charge is 2.15. The molecule has 2 aromatic carbocycles. The van der Waals surface area contributed by atoms with Crippen molar-refractivity contribution in [2.24, 2.45) is 5.14 Å². The number of carbonyl (C=O) groups is 1. The zero-order valence-corrected chi connectivity index (χ0v) is 13.0. The largest absolute Gasteiger partial charge is 0.497 e. The minimum atomic E-state index is -3.87. The summed E-state index contributed by atoms with van der Waals surface area (Å²) < 4.78 is 28.0. The fraction of sp³-hybridized carbons (Fsp3) is 0.133. The molecule has 22 heavy (non-hydrogen) atoms. The predicted octanol–water partition coefficient (Wildman–Crippen LogP) is 1.90. The molecule has 0 aliphatic carbocycles. The lowest BCUT2D eigenvalue weighted by molar-refractivity contribution is 0.102. The summed E-state index contributed by atoms with van der Waals surface area (Å²) >= 11 is 0. The van der Waals surface area contributed by atoms with Gasteiger partial charge in [-0.05, 0) is 48.9 Å². The van der Waals surface area contributed by atoms with E-state index in [1.165, 1.54) is 6.07 Å². The van der Waals surface area contributed by atoms with Gasteiger partial charge in [-0.3, -0.25) is 4.79 Å². The molecule has 0 aromatic heterocycles. The topological polar surface area (TPSA) is 98.5 Å². The quantitative estimate of drug-likeness (QED) is 0.899. The Bertz CT molecular complexity index is 799. The second kappa shape index (κ2) is 6.17. The average molecular weight is 320 g/mol. The van der Waals surface area contributed by atoms with E-state index in [1.807, 2.05) is 0 Å². The molecule has 0 saturated heterocycles. The van der Waals surface area contributed by atoms with Gasteiger partial charge in [0.05, 0.1) is 12.0 Å². The Morgan fingerprint density at radius 3 is 2.32 bits per heavy atom. The number of carbonyl (C=O) groups excluding carboxylic acids is 1. The zero-order valence-electron chi connectivity index (χ0n) is 12.2. The van der Waals surface area contributed by atoms with Crippen LogP contribution in [0.25, 0.3) is 0 Å². The second-order valence-corrected chi connectivity index (χ2v) is 6.24. The van der Waals surface area contributed by atoms with Gasteiger partial charge in [0.2, 0.25) is 10.0 Å². The van der Waals surface area contributed by atoms with E-state index >= 15 is 0 Å². The Balaban J connectivity index is 2.26. The number of nitrogens with two attached hydrogens (primary N) is 1. The second-order valence-electron chi connectivity index (χ2n) is 4.71. The van der Waals surface area contributed by atoms with Gasteiger partial charge in [0.25, 0.3) is 5.91 Å². The van der Waals surface area contributed by atoms with Crippen LogP contribution in [-0.4, -0.2) is 21.4 Å². The Morgan fingerprint density at radius 2 is 1.77 bits per heavy atom. The molecule has 0 unspecified atom stereocenters. The van der Waals surface area contributed by atoms with Gasteiger partial charge in [0.1, 0.15) is 5.75 Å². The SMILES string of the molecule is COc1ccc(NC(=O)c2ccc(C)c(S(N)(=O)=O)c2)cc1. The standard InChI is InChI=1S/C15H16N2O4S/c1-10-3-4-11(9-14(10)22(16,19)20)15(18)17-12-5-7-13(21-2)8-6-12/h3-9H,1-2H3,(H,17,18)(H2,16,19,20). The number of amides is 1. The van der Waals surface area contributed by atoms with Crippen molar-refractivity contribution < 1.29 is 17.9 Å². The number of aryl methyl sites for hydroxylation is 1. The molecule has 116 valence electrons. The molecule has 0 fully saturated rings. The van der Waals surface area contributed by atoms with Crippen LogP contribution in [0.1, 0.15) is 15.9 Å². The summed E-state index contributed by atoms with van der Waals surface area (Å²) in [5, 5.41) is 7.82. The van der Waals surface area contributed by atoms with E-state index in [-0.39, 0.29) is 10.5 Å². The normalized spacial score (nSPS) is 11.0. The summed E-state index contributed by atoms with van der Waals surface area (Å²) in [4.78, 5) is 12.1. The van der Waals surface area contributed by atoms with Crippen molar-refractivity contribution in [2.45, 2.75) is 11.8 Å². The van der Waals surface area contributed by atoms with Gasteiger partial charge in [-0.2, -0.15) is 0 Å². The highest BCUT2D eigenvalue weighted by Crippen LogP contribution is 2.18. The smallest absolute Gasteiger partial charge is 0.255 e. The molecule has 6 nitrogen and oxygen atoms in total. The van der Waals surface area contributed by atoms with Gasteiger partial charge in [-0.25, -0.2) is 13.6 Å². The Labute approximate surface area is 129 Å². The first-order valence-electron chi connectivity index (χ1n) is 6.40. The fourth-order valence-corrected chi connectivity index (χ4v) is 2.73. The molecule has 0 heterocycles. The number of ether oxygens (including phenoxy) is 1. The molecule has 2 aromatic rings. The fourth-order valence-electron chi connectivity index (χ4n) is 1.93. The van der Waals surface area contributed by atoms with E-state index in [0.717, 1.165) is 0 Å². The number of sulfonamides is 1. The molecule has 0 atom stereocenters. The molecule has 0 bridgehead atoms. The van der Waals surface area contributed by atoms with Crippen LogP contribution >= 0.6 is 0 Å². The summed E-state index contributed by atoms with van der Waals surface area (Å²) in [6.07, 6.45) is 0. The molecule has 0 radical (unpaired) electrons. The Kier molecular flexibility index (Phi) is 4.48. The predicted molar refractivity (Wildman–Crippen MR) is 83.5 cm³/mol. The molecule has 1 amide bonds. The first-order valence-corrected chi connectivity index (χ1v) is 7.95. The molecule has 0 saturated carbocycles. The van der Waals surface area contributed by atoms with Crippen molar-refractivity contribution in [2.75, 3.05) is 12.4 Å². The van der Waals surface area contributed by atoms with E-state index in [2.05, 4.69) is 5.32 Å². The van der Waals surface area contributed by atoms with Crippen molar-refractivity contribution in [1.29, 1.82) is 0 Å². The van der Waals surface area contributed by atoms with Crippen molar-refractivity contribution in [3.8, 4) is 5.75 Å². The van der Waals surface area contributed by atoms with Gasteiger partial charge in [-0.1, -0.05) is 6.07 Å². The van der Waals surface area contributed by atoms with Gasteiger partial charge in [0.15, 0.2) is 0 Å². The third-order valence-corrected chi connectivity index (χ3v) is 4.16. The van der Waals surface area contributed by atoms with Crippen LogP contribution in [0.4, 0.5) is 5.69 Å². The molecular formula is C15H16N2O4S.